The van der Waals surface area contributed by atoms with E-state index in [1.807, 2.05) is 0 Å². The van der Waals surface area contributed by atoms with E-state index in [4.69, 9.17) is 12.2 Å². The largest absolute Gasteiger partial charge is 0.360 e. The van der Waals surface area contributed by atoms with Gasteiger partial charge in [-0.3, -0.25) is 0 Å². The van der Waals surface area contributed by atoms with Crippen LogP contribution in [-0.4, -0.2) is 11.2 Å². The first-order valence-electron chi connectivity index (χ1n) is 7.20. The zero-order chi connectivity index (χ0) is 13.8. The van der Waals surface area contributed by atoms with Crippen LogP contribution in [0.3, 0.4) is 0 Å². The third kappa shape index (κ3) is 3.93. The van der Waals surface area contributed by atoms with E-state index < -0.39 is 0 Å². The summed E-state index contributed by atoms with van der Waals surface area (Å²) >= 11 is 5.42. The van der Waals surface area contributed by atoms with Gasteiger partial charge in [0, 0.05) is 6.04 Å². The molecule has 0 aromatic heterocycles. The number of aryl methyl sites for hydroxylation is 2. The lowest BCUT2D eigenvalue weighted by Crippen LogP contribution is -2.41. The van der Waals surface area contributed by atoms with E-state index >= 15 is 0 Å². The van der Waals surface area contributed by atoms with Gasteiger partial charge in [-0.05, 0) is 57.0 Å². The molecule has 1 fully saturated rings. The number of nitrogens with one attached hydrogen (secondary N) is 2. The Hall–Kier alpha value is -1.09. The first-order chi connectivity index (χ1) is 9.06. The van der Waals surface area contributed by atoms with Gasteiger partial charge in [0.25, 0.3) is 0 Å². The van der Waals surface area contributed by atoms with Crippen LogP contribution in [0.5, 0.6) is 0 Å². The normalized spacial score (nSPS) is 17.2. The van der Waals surface area contributed by atoms with E-state index in [1.165, 1.54) is 42.4 Å². The number of rotatable bonds is 3. The number of hydrogen-bond acceptors (Lipinski definition) is 1. The Bertz CT molecular complexity index is 450. The molecule has 2 rings (SSSR count). The molecule has 1 aromatic carbocycles. The van der Waals surface area contributed by atoms with Crippen LogP contribution >= 0.6 is 12.2 Å². The van der Waals surface area contributed by atoms with Crippen molar-refractivity contribution in [3.05, 3.63) is 34.9 Å². The van der Waals surface area contributed by atoms with Gasteiger partial charge in [-0.15, -0.1) is 0 Å². The summed E-state index contributed by atoms with van der Waals surface area (Å²) < 4.78 is 0. The molecule has 0 heterocycles. The standard InChI is InChI=1S/C16H24N2S/c1-11-8-9-12(2)15(10-11)13(3)17-16(19)18-14-6-4-5-7-14/h8-10,13-14H,4-7H2,1-3H3,(H2,17,18,19). The van der Waals surface area contributed by atoms with Gasteiger partial charge < -0.3 is 10.6 Å². The molecule has 2 N–H and O–H groups in total. The predicted octanol–water partition coefficient (Wildman–Crippen LogP) is 3.77. The minimum Gasteiger partial charge on any atom is -0.360 e. The number of thiocarbonyl (C=S) groups is 1. The maximum Gasteiger partial charge on any atom is 0.166 e. The van der Waals surface area contributed by atoms with Crippen molar-refractivity contribution in [2.75, 3.05) is 0 Å². The van der Waals surface area contributed by atoms with Gasteiger partial charge in [0.15, 0.2) is 5.11 Å². The van der Waals surface area contributed by atoms with Crippen molar-refractivity contribution >= 4 is 17.3 Å². The SMILES string of the molecule is Cc1ccc(C)c(C(C)NC(=S)NC2CCCC2)c1. The van der Waals surface area contributed by atoms with Gasteiger partial charge in [0.05, 0.1) is 6.04 Å². The molecule has 0 aliphatic heterocycles. The van der Waals surface area contributed by atoms with Crippen LogP contribution in [0.15, 0.2) is 18.2 Å². The van der Waals surface area contributed by atoms with Crippen LogP contribution in [0.1, 0.15) is 55.3 Å². The maximum atomic E-state index is 5.42. The second kappa shape index (κ2) is 6.38. The van der Waals surface area contributed by atoms with Gasteiger partial charge in [-0.2, -0.15) is 0 Å². The van der Waals surface area contributed by atoms with E-state index in [9.17, 15) is 0 Å². The first-order valence-corrected chi connectivity index (χ1v) is 7.61. The second-order valence-corrected chi connectivity index (χ2v) is 6.09. The summed E-state index contributed by atoms with van der Waals surface area (Å²) in [5.41, 5.74) is 3.94. The summed E-state index contributed by atoms with van der Waals surface area (Å²) in [5, 5.41) is 7.64. The van der Waals surface area contributed by atoms with Crippen molar-refractivity contribution in [2.45, 2.75) is 58.5 Å². The van der Waals surface area contributed by atoms with Gasteiger partial charge in [0.2, 0.25) is 0 Å². The average Bonchev–Trinajstić information content (AvgIpc) is 2.84. The zero-order valence-corrected chi connectivity index (χ0v) is 12.9. The van der Waals surface area contributed by atoms with E-state index in [-0.39, 0.29) is 6.04 Å². The second-order valence-electron chi connectivity index (χ2n) is 5.68. The van der Waals surface area contributed by atoms with Crippen LogP contribution < -0.4 is 10.6 Å². The van der Waals surface area contributed by atoms with Crippen molar-refractivity contribution in [3.63, 3.8) is 0 Å². The Kier molecular flexibility index (Phi) is 4.81. The molecular weight excluding hydrogens is 252 g/mol. The fourth-order valence-corrected chi connectivity index (χ4v) is 3.14. The van der Waals surface area contributed by atoms with Crippen LogP contribution in [0.2, 0.25) is 0 Å². The molecule has 1 saturated carbocycles. The Morgan fingerprint density at radius 3 is 2.63 bits per heavy atom. The highest BCUT2D eigenvalue weighted by molar-refractivity contribution is 7.80. The molecular formula is C16H24N2S. The molecule has 0 radical (unpaired) electrons. The summed E-state index contributed by atoms with van der Waals surface area (Å²) in [6.07, 6.45) is 5.15. The van der Waals surface area contributed by atoms with Crippen molar-refractivity contribution in [2.24, 2.45) is 0 Å². The number of hydrogen-bond donors (Lipinski definition) is 2. The molecule has 1 aliphatic carbocycles. The topological polar surface area (TPSA) is 24.1 Å². The molecule has 0 bridgehead atoms. The lowest BCUT2D eigenvalue weighted by Gasteiger charge is -2.22. The highest BCUT2D eigenvalue weighted by Crippen LogP contribution is 2.20. The summed E-state index contributed by atoms with van der Waals surface area (Å²) in [6, 6.07) is 7.40. The van der Waals surface area contributed by atoms with Gasteiger partial charge in [-0.1, -0.05) is 36.6 Å². The summed E-state index contributed by atoms with van der Waals surface area (Å²) in [7, 11) is 0. The van der Waals surface area contributed by atoms with Gasteiger partial charge in [-0.25, -0.2) is 0 Å². The van der Waals surface area contributed by atoms with Crippen LogP contribution in [0.4, 0.5) is 0 Å². The molecule has 1 aliphatic rings. The Labute approximate surface area is 122 Å². The Balaban J connectivity index is 1.94. The molecule has 3 heteroatoms. The van der Waals surface area contributed by atoms with Crippen molar-refractivity contribution in [1.82, 2.24) is 10.6 Å². The summed E-state index contributed by atoms with van der Waals surface area (Å²) in [4.78, 5) is 0. The molecule has 2 nitrogen and oxygen atoms in total. The predicted molar refractivity (Wildman–Crippen MR) is 85.5 cm³/mol. The molecule has 0 spiro atoms. The van der Waals surface area contributed by atoms with Gasteiger partial charge >= 0.3 is 0 Å². The van der Waals surface area contributed by atoms with Crippen LogP contribution in [0, 0.1) is 13.8 Å². The Morgan fingerprint density at radius 2 is 1.95 bits per heavy atom. The third-order valence-electron chi connectivity index (χ3n) is 3.94. The smallest absolute Gasteiger partial charge is 0.166 e. The minimum atomic E-state index is 0.251. The van der Waals surface area contributed by atoms with E-state index in [0.717, 1.165) is 5.11 Å². The molecule has 1 unspecified atom stereocenters. The zero-order valence-electron chi connectivity index (χ0n) is 12.1. The fourth-order valence-electron chi connectivity index (χ4n) is 2.80. The monoisotopic (exact) mass is 276 g/mol. The fraction of sp³-hybridized carbons (Fsp3) is 0.562. The third-order valence-corrected chi connectivity index (χ3v) is 4.17. The van der Waals surface area contributed by atoms with Gasteiger partial charge in [0.1, 0.15) is 0 Å². The highest BCUT2D eigenvalue weighted by Gasteiger charge is 2.17. The molecule has 0 amide bonds. The molecule has 19 heavy (non-hydrogen) atoms. The van der Waals surface area contributed by atoms with Crippen molar-refractivity contribution in [3.8, 4) is 0 Å². The lowest BCUT2D eigenvalue weighted by atomic mass is 10.0. The Morgan fingerprint density at radius 1 is 1.26 bits per heavy atom. The highest BCUT2D eigenvalue weighted by atomic mass is 32.1. The summed E-state index contributed by atoms with van der Waals surface area (Å²) in [6.45, 7) is 6.45. The van der Waals surface area contributed by atoms with Crippen molar-refractivity contribution < 1.29 is 0 Å². The molecule has 1 aromatic rings. The number of benzene rings is 1. The van der Waals surface area contributed by atoms with Crippen molar-refractivity contribution in [1.29, 1.82) is 0 Å². The van der Waals surface area contributed by atoms with Crippen LogP contribution in [-0.2, 0) is 0 Å². The maximum absolute atomic E-state index is 5.42. The van der Waals surface area contributed by atoms with E-state index in [2.05, 4.69) is 49.6 Å². The minimum absolute atomic E-state index is 0.251. The molecule has 0 saturated heterocycles. The lowest BCUT2D eigenvalue weighted by molar-refractivity contribution is 0.605. The molecule has 104 valence electrons. The van der Waals surface area contributed by atoms with Crippen LogP contribution in [0.25, 0.3) is 0 Å². The molecule has 1 atom stereocenters. The van der Waals surface area contributed by atoms with E-state index in [1.54, 1.807) is 0 Å². The average molecular weight is 276 g/mol. The quantitative estimate of drug-likeness (QED) is 0.822. The van der Waals surface area contributed by atoms with E-state index in [0.29, 0.717) is 6.04 Å². The first kappa shape index (κ1) is 14.3. The summed E-state index contributed by atoms with van der Waals surface area (Å²) in [5.74, 6) is 0.